The van der Waals surface area contributed by atoms with E-state index in [0.717, 1.165) is 18.5 Å². The average molecular weight is 232 g/mol. The Morgan fingerprint density at radius 1 is 1.43 bits per heavy atom. The molecule has 1 aromatic heterocycles. The largest absolute Gasteiger partial charge is 0.314 e. The summed E-state index contributed by atoms with van der Waals surface area (Å²) >= 11 is 11.7. The van der Waals surface area contributed by atoms with Gasteiger partial charge in [-0.05, 0) is 37.4 Å². The molecule has 1 aliphatic rings. The maximum absolute atomic E-state index is 5.91. The predicted octanol–water partition coefficient (Wildman–Crippen LogP) is 2.08. The summed E-state index contributed by atoms with van der Waals surface area (Å²) in [5.41, 5.74) is 0.978. The maximum atomic E-state index is 5.91. The van der Waals surface area contributed by atoms with Crippen LogP contribution >= 0.6 is 23.2 Å². The van der Waals surface area contributed by atoms with E-state index in [4.69, 9.17) is 23.2 Å². The van der Waals surface area contributed by atoms with Gasteiger partial charge in [0, 0.05) is 6.04 Å². The zero-order valence-corrected chi connectivity index (χ0v) is 9.15. The van der Waals surface area contributed by atoms with Gasteiger partial charge in [-0.1, -0.05) is 23.2 Å². The van der Waals surface area contributed by atoms with Crippen molar-refractivity contribution < 1.29 is 0 Å². The molecule has 5 heteroatoms. The first-order valence-electron chi connectivity index (χ1n) is 4.66. The topological polar surface area (TPSA) is 37.8 Å². The third-order valence-electron chi connectivity index (χ3n) is 2.42. The molecule has 1 fully saturated rings. The van der Waals surface area contributed by atoms with Crippen LogP contribution < -0.4 is 5.32 Å². The zero-order valence-electron chi connectivity index (χ0n) is 7.63. The Morgan fingerprint density at radius 2 is 2.29 bits per heavy atom. The third-order valence-corrected chi connectivity index (χ3v) is 2.92. The van der Waals surface area contributed by atoms with Crippen LogP contribution in [0.4, 0.5) is 0 Å². The normalized spacial score (nSPS) is 21.4. The standard InChI is InChI=1S/C9H11Cl2N3/c10-8-5-6(9(11)14-13-8)4-7-2-1-3-12-7/h5,7,12H,1-4H2. The Morgan fingerprint density at radius 3 is 3.00 bits per heavy atom. The SMILES string of the molecule is Clc1cc(CC2CCCN2)c(Cl)nn1. The van der Waals surface area contributed by atoms with Crippen molar-refractivity contribution in [2.75, 3.05) is 6.54 Å². The van der Waals surface area contributed by atoms with Gasteiger partial charge in [0.2, 0.25) is 0 Å². The van der Waals surface area contributed by atoms with Crippen LogP contribution in [0.15, 0.2) is 6.07 Å². The van der Waals surface area contributed by atoms with Crippen LogP contribution in [-0.2, 0) is 6.42 Å². The second-order valence-electron chi connectivity index (χ2n) is 3.48. The number of aromatic nitrogens is 2. The van der Waals surface area contributed by atoms with E-state index in [2.05, 4.69) is 15.5 Å². The van der Waals surface area contributed by atoms with Crippen molar-refractivity contribution in [2.24, 2.45) is 0 Å². The third kappa shape index (κ3) is 2.35. The number of hydrogen-bond acceptors (Lipinski definition) is 3. The van der Waals surface area contributed by atoms with Crippen LogP contribution in [0, 0.1) is 0 Å². The summed E-state index contributed by atoms with van der Waals surface area (Å²) in [7, 11) is 0. The summed E-state index contributed by atoms with van der Waals surface area (Å²) in [6, 6.07) is 2.30. The Kier molecular flexibility index (Phi) is 3.21. The molecule has 1 aliphatic heterocycles. The number of halogens is 2. The highest BCUT2D eigenvalue weighted by atomic mass is 35.5. The molecular formula is C9H11Cl2N3. The fraction of sp³-hybridized carbons (Fsp3) is 0.556. The van der Waals surface area contributed by atoms with Crippen molar-refractivity contribution in [1.29, 1.82) is 0 Å². The van der Waals surface area contributed by atoms with E-state index in [1.165, 1.54) is 12.8 Å². The molecule has 2 rings (SSSR count). The quantitative estimate of drug-likeness (QED) is 0.848. The lowest BCUT2D eigenvalue weighted by molar-refractivity contribution is 0.601. The summed E-state index contributed by atoms with van der Waals surface area (Å²) in [5.74, 6) is 0. The van der Waals surface area contributed by atoms with Crippen LogP contribution in [0.1, 0.15) is 18.4 Å². The Balaban J connectivity index is 2.10. The lowest BCUT2D eigenvalue weighted by Crippen LogP contribution is -2.23. The summed E-state index contributed by atoms with van der Waals surface area (Å²) in [5, 5.41) is 11.7. The van der Waals surface area contributed by atoms with E-state index in [0.29, 0.717) is 16.3 Å². The minimum Gasteiger partial charge on any atom is -0.314 e. The van der Waals surface area contributed by atoms with E-state index < -0.39 is 0 Å². The summed E-state index contributed by atoms with van der Waals surface area (Å²) in [4.78, 5) is 0. The van der Waals surface area contributed by atoms with E-state index in [1.807, 2.05) is 0 Å². The molecular weight excluding hydrogens is 221 g/mol. The molecule has 1 aromatic rings. The highest BCUT2D eigenvalue weighted by molar-refractivity contribution is 6.31. The molecule has 1 unspecified atom stereocenters. The van der Waals surface area contributed by atoms with Gasteiger partial charge in [0.1, 0.15) is 0 Å². The van der Waals surface area contributed by atoms with Crippen LogP contribution in [0.25, 0.3) is 0 Å². The van der Waals surface area contributed by atoms with E-state index in [1.54, 1.807) is 6.07 Å². The van der Waals surface area contributed by atoms with E-state index in [-0.39, 0.29) is 0 Å². The predicted molar refractivity (Wildman–Crippen MR) is 56.8 cm³/mol. The number of hydrogen-bond donors (Lipinski definition) is 1. The first kappa shape index (κ1) is 10.1. The summed E-state index contributed by atoms with van der Waals surface area (Å²) in [6.07, 6.45) is 3.30. The van der Waals surface area contributed by atoms with Crippen molar-refractivity contribution in [1.82, 2.24) is 15.5 Å². The van der Waals surface area contributed by atoms with E-state index >= 15 is 0 Å². The molecule has 1 atom stereocenters. The number of nitrogens with zero attached hydrogens (tertiary/aromatic N) is 2. The average Bonchev–Trinajstić information content (AvgIpc) is 2.64. The van der Waals surface area contributed by atoms with Crippen molar-refractivity contribution >= 4 is 23.2 Å². The Labute approximate surface area is 92.8 Å². The molecule has 0 bridgehead atoms. The van der Waals surface area contributed by atoms with Gasteiger partial charge in [-0.15, -0.1) is 10.2 Å². The van der Waals surface area contributed by atoms with Crippen molar-refractivity contribution in [3.05, 3.63) is 21.9 Å². The molecule has 1 saturated heterocycles. The van der Waals surface area contributed by atoms with Crippen LogP contribution in [0.3, 0.4) is 0 Å². The van der Waals surface area contributed by atoms with Gasteiger partial charge in [0.15, 0.2) is 10.3 Å². The molecule has 0 saturated carbocycles. The highest BCUT2D eigenvalue weighted by Crippen LogP contribution is 2.19. The maximum Gasteiger partial charge on any atom is 0.155 e. The molecule has 3 nitrogen and oxygen atoms in total. The first-order valence-corrected chi connectivity index (χ1v) is 5.42. The minimum absolute atomic E-state index is 0.405. The summed E-state index contributed by atoms with van der Waals surface area (Å²) < 4.78 is 0. The molecule has 14 heavy (non-hydrogen) atoms. The molecule has 0 amide bonds. The molecule has 2 heterocycles. The molecule has 0 aromatic carbocycles. The van der Waals surface area contributed by atoms with Crippen molar-refractivity contribution in [3.63, 3.8) is 0 Å². The highest BCUT2D eigenvalue weighted by Gasteiger charge is 2.16. The number of rotatable bonds is 2. The van der Waals surface area contributed by atoms with Crippen molar-refractivity contribution in [3.8, 4) is 0 Å². The van der Waals surface area contributed by atoms with Gasteiger partial charge < -0.3 is 5.32 Å². The van der Waals surface area contributed by atoms with Gasteiger partial charge in [0.05, 0.1) is 0 Å². The Bertz CT molecular complexity index is 324. The fourth-order valence-corrected chi connectivity index (χ4v) is 2.07. The number of nitrogens with one attached hydrogen (secondary N) is 1. The Hall–Kier alpha value is -0.380. The van der Waals surface area contributed by atoms with Gasteiger partial charge in [-0.2, -0.15) is 0 Å². The van der Waals surface area contributed by atoms with Gasteiger partial charge >= 0.3 is 0 Å². The first-order chi connectivity index (χ1) is 6.75. The van der Waals surface area contributed by atoms with Crippen LogP contribution in [0.2, 0.25) is 10.3 Å². The zero-order chi connectivity index (χ0) is 9.97. The van der Waals surface area contributed by atoms with Gasteiger partial charge in [0.25, 0.3) is 0 Å². The summed E-state index contributed by atoms with van der Waals surface area (Å²) in [6.45, 7) is 1.09. The van der Waals surface area contributed by atoms with Gasteiger partial charge in [-0.25, -0.2) is 0 Å². The molecule has 0 spiro atoms. The van der Waals surface area contributed by atoms with Crippen molar-refractivity contribution in [2.45, 2.75) is 25.3 Å². The second-order valence-corrected chi connectivity index (χ2v) is 4.23. The lowest BCUT2D eigenvalue weighted by Gasteiger charge is -2.10. The lowest BCUT2D eigenvalue weighted by atomic mass is 10.1. The molecule has 0 aliphatic carbocycles. The fourth-order valence-electron chi connectivity index (χ4n) is 1.73. The molecule has 0 radical (unpaired) electrons. The van der Waals surface area contributed by atoms with Crippen LogP contribution in [0.5, 0.6) is 0 Å². The second kappa shape index (κ2) is 4.43. The van der Waals surface area contributed by atoms with Gasteiger partial charge in [-0.3, -0.25) is 0 Å². The monoisotopic (exact) mass is 231 g/mol. The van der Waals surface area contributed by atoms with E-state index in [9.17, 15) is 0 Å². The van der Waals surface area contributed by atoms with Crippen LogP contribution in [-0.4, -0.2) is 22.8 Å². The minimum atomic E-state index is 0.405. The molecule has 1 N–H and O–H groups in total. The smallest absolute Gasteiger partial charge is 0.155 e. The molecule has 76 valence electrons.